The molecule has 0 aromatic heterocycles. The number of esters is 1. The third-order valence-electron chi connectivity index (χ3n) is 3.36. The maximum Gasteiger partial charge on any atom is 0.332 e. The molecule has 0 bridgehead atoms. The van der Waals surface area contributed by atoms with E-state index in [0.29, 0.717) is 5.70 Å². The molecule has 0 spiro atoms. The number of carbonyl (C=O) groups is 1. The first-order chi connectivity index (χ1) is 9.63. The fourth-order valence-corrected chi connectivity index (χ4v) is 2.41. The predicted molar refractivity (Wildman–Crippen MR) is 78.5 cm³/mol. The molecule has 108 valence electrons. The van der Waals surface area contributed by atoms with Crippen LogP contribution in [0.1, 0.15) is 39.0 Å². The van der Waals surface area contributed by atoms with Gasteiger partial charge >= 0.3 is 5.97 Å². The van der Waals surface area contributed by atoms with Crippen LogP contribution >= 0.6 is 0 Å². The second-order valence-corrected chi connectivity index (χ2v) is 5.20. The minimum absolute atomic E-state index is 0.0704. The van der Waals surface area contributed by atoms with Crippen molar-refractivity contribution in [2.45, 2.75) is 45.1 Å². The normalized spacial score (nSPS) is 16.8. The molecule has 0 aliphatic heterocycles. The molecule has 1 aromatic carbocycles. The predicted octanol–water partition coefficient (Wildman–Crippen LogP) is 3.58. The molecular weight excluding hydrogens is 254 g/mol. The zero-order valence-corrected chi connectivity index (χ0v) is 11.8. The second kappa shape index (κ2) is 6.98. The summed E-state index contributed by atoms with van der Waals surface area (Å²) < 4.78 is 5.42. The van der Waals surface area contributed by atoms with Crippen molar-refractivity contribution < 1.29 is 14.6 Å². The lowest BCUT2D eigenvalue weighted by Gasteiger charge is -2.21. The zero-order chi connectivity index (χ0) is 14.4. The molecule has 0 amide bonds. The summed E-state index contributed by atoms with van der Waals surface area (Å²) in [7, 11) is 0. The number of rotatable bonds is 4. The van der Waals surface area contributed by atoms with Gasteiger partial charge < -0.3 is 15.2 Å². The molecule has 0 unspecified atom stereocenters. The minimum Gasteiger partial charge on any atom is -0.508 e. The fraction of sp³-hybridized carbons (Fsp3) is 0.438. The van der Waals surface area contributed by atoms with Crippen molar-refractivity contribution in [3.8, 4) is 5.75 Å². The lowest BCUT2D eigenvalue weighted by Crippen LogP contribution is -2.20. The number of aromatic hydroxyl groups is 1. The fourth-order valence-electron chi connectivity index (χ4n) is 2.41. The van der Waals surface area contributed by atoms with Crippen LogP contribution in [0.15, 0.2) is 36.0 Å². The van der Waals surface area contributed by atoms with E-state index in [1.807, 2.05) is 6.07 Å². The van der Waals surface area contributed by atoms with Crippen LogP contribution < -0.4 is 5.32 Å². The van der Waals surface area contributed by atoms with E-state index in [-0.39, 0.29) is 17.8 Å². The highest BCUT2D eigenvalue weighted by Crippen LogP contribution is 2.21. The zero-order valence-electron chi connectivity index (χ0n) is 11.8. The van der Waals surface area contributed by atoms with E-state index in [1.54, 1.807) is 25.1 Å². The van der Waals surface area contributed by atoms with Gasteiger partial charge in [0.25, 0.3) is 0 Å². The first-order valence-electron chi connectivity index (χ1n) is 7.08. The lowest BCUT2D eigenvalue weighted by molar-refractivity contribution is -0.144. The molecule has 2 N–H and O–H groups in total. The van der Waals surface area contributed by atoms with Crippen LogP contribution in [0.5, 0.6) is 5.75 Å². The number of nitrogens with one attached hydrogen (secondary N) is 1. The second-order valence-electron chi connectivity index (χ2n) is 5.20. The number of benzene rings is 1. The first kappa shape index (κ1) is 14.4. The van der Waals surface area contributed by atoms with Gasteiger partial charge in [-0.25, -0.2) is 4.79 Å². The van der Waals surface area contributed by atoms with Gasteiger partial charge in [0.2, 0.25) is 0 Å². The van der Waals surface area contributed by atoms with Gasteiger partial charge in [-0.05, 0) is 44.7 Å². The summed E-state index contributed by atoms with van der Waals surface area (Å²) in [6.07, 6.45) is 6.99. The highest BCUT2D eigenvalue weighted by atomic mass is 16.5. The lowest BCUT2D eigenvalue weighted by atomic mass is 9.98. The first-order valence-corrected chi connectivity index (χ1v) is 7.08. The smallest absolute Gasteiger partial charge is 0.332 e. The summed E-state index contributed by atoms with van der Waals surface area (Å²) in [6.45, 7) is 1.80. The Bertz CT molecular complexity index is 490. The number of carbonyl (C=O) groups excluding carboxylic acids is 1. The van der Waals surface area contributed by atoms with Crippen LogP contribution in [0.2, 0.25) is 0 Å². The maximum absolute atomic E-state index is 11.8. The molecule has 1 aliphatic carbocycles. The van der Waals surface area contributed by atoms with Gasteiger partial charge in [-0.2, -0.15) is 0 Å². The molecule has 20 heavy (non-hydrogen) atoms. The summed E-state index contributed by atoms with van der Waals surface area (Å²) >= 11 is 0. The van der Waals surface area contributed by atoms with E-state index in [1.165, 1.54) is 12.5 Å². The average Bonchev–Trinajstić information content (AvgIpc) is 2.39. The molecule has 0 saturated heterocycles. The monoisotopic (exact) mass is 275 g/mol. The van der Waals surface area contributed by atoms with Crippen molar-refractivity contribution in [1.29, 1.82) is 0 Å². The van der Waals surface area contributed by atoms with Gasteiger partial charge in [0, 0.05) is 23.5 Å². The van der Waals surface area contributed by atoms with Crippen LogP contribution in [-0.4, -0.2) is 17.2 Å². The number of hydrogen-bond donors (Lipinski definition) is 2. The van der Waals surface area contributed by atoms with Crippen molar-refractivity contribution in [2.24, 2.45) is 0 Å². The molecule has 1 aliphatic rings. The van der Waals surface area contributed by atoms with Gasteiger partial charge in [-0.1, -0.05) is 12.5 Å². The summed E-state index contributed by atoms with van der Waals surface area (Å²) in [6, 6.07) is 6.76. The largest absolute Gasteiger partial charge is 0.508 e. The van der Waals surface area contributed by atoms with Gasteiger partial charge in [0.15, 0.2) is 0 Å². The minimum atomic E-state index is -0.304. The van der Waals surface area contributed by atoms with E-state index in [0.717, 1.165) is 31.4 Å². The standard InChI is InChI=1S/C16H21NO3/c1-12(17-13-6-5-7-14(18)11-13)10-16(19)20-15-8-3-2-4-9-15/h5-7,10-11,15,17-18H,2-4,8-9H2,1H3. The number of ether oxygens (including phenoxy) is 1. The van der Waals surface area contributed by atoms with Gasteiger partial charge in [-0.3, -0.25) is 0 Å². The number of allylic oxidation sites excluding steroid dienone is 1. The molecule has 0 radical (unpaired) electrons. The summed E-state index contributed by atoms with van der Waals surface area (Å²) in [5, 5.41) is 12.4. The van der Waals surface area contributed by atoms with Crippen molar-refractivity contribution >= 4 is 11.7 Å². The number of anilines is 1. The third-order valence-corrected chi connectivity index (χ3v) is 3.36. The molecule has 2 rings (SSSR count). The SMILES string of the molecule is CC(=CC(=O)OC1CCCCC1)Nc1cccc(O)c1. The highest BCUT2D eigenvalue weighted by Gasteiger charge is 2.16. The Kier molecular flexibility index (Phi) is 5.04. The van der Waals surface area contributed by atoms with E-state index in [2.05, 4.69) is 5.32 Å². The average molecular weight is 275 g/mol. The number of phenols is 1. The Morgan fingerprint density at radius 1 is 1.35 bits per heavy atom. The number of phenolic OH excluding ortho intramolecular Hbond substituents is 1. The van der Waals surface area contributed by atoms with Crippen molar-refractivity contribution in [1.82, 2.24) is 0 Å². The van der Waals surface area contributed by atoms with E-state index in [9.17, 15) is 9.90 Å². The highest BCUT2D eigenvalue weighted by molar-refractivity contribution is 5.83. The van der Waals surface area contributed by atoms with Gasteiger partial charge in [0.1, 0.15) is 11.9 Å². The molecule has 1 saturated carbocycles. The van der Waals surface area contributed by atoms with Crippen LogP contribution in [0.25, 0.3) is 0 Å². The van der Waals surface area contributed by atoms with Gasteiger partial charge in [-0.15, -0.1) is 0 Å². The Hall–Kier alpha value is -1.97. The Morgan fingerprint density at radius 3 is 2.80 bits per heavy atom. The Morgan fingerprint density at radius 2 is 2.10 bits per heavy atom. The van der Waals surface area contributed by atoms with Crippen LogP contribution in [0, 0.1) is 0 Å². The van der Waals surface area contributed by atoms with E-state index in [4.69, 9.17) is 4.74 Å². The van der Waals surface area contributed by atoms with Crippen LogP contribution in [0.4, 0.5) is 5.69 Å². The molecule has 1 fully saturated rings. The van der Waals surface area contributed by atoms with Crippen molar-refractivity contribution in [3.05, 3.63) is 36.0 Å². The number of hydrogen-bond acceptors (Lipinski definition) is 4. The molecule has 0 heterocycles. The maximum atomic E-state index is 11.8. The Labute approximate surface area is 119 Å². The van der Waals surface area contributed by atoms with E-state index >= 15 is 0 Å². The van der Waals surface area contributed by atoms with Gasteiger partial charge in [0.05, 0.1) is 0 Å². The summed E-state index contributed by atoms with van der Waals surface area (Å²) in [4.78, 5) is 11.8. The summed E-state index contributed by atoms with van der Waals surface area (Å²) in [5.74, 6) is -0.116. The summed E-state index contributed by atoms with van der Waals surface area (Å²) in [5.41, 5.74) is 1.43. The third kappa shape index (κ3) is 4.61. The van der Waals surface area contributed by atoms with E-state index < -0.39 is 0 Å². The van der Waals surface area contributed by atoms with Crippen LogP contribution in [-0.2, 0) is 9.53 Å². The molecule has 4 heteroatoms. The molecule has 1 aromatic rings. The van der Waals surface area contributed by atoms with Crippen molar-refractivity contribution in [2.75, 3.05) is 5.32 Å². The molecule has 0 atom stereocenters. The van der Waals surface area contributed by atoms with Crippen molar-refractivity contribution in [3.63, 3.8) is 0 Å². The molecule has 4 nitrogen and oxygen atoms in total. The quantitative estimate of drug-likeness (QED) is 0.651. The van der Waals surface area contributed by atoms with Crippen LogP contribution in [0.3, 0.4) is 0 Å². The molecular formula is C16H21NO3. The Balaban J connectivity index is 1.87. The topological polar surface area (TPSA) is 58.6 Å².